The van der Waals surface area contributed by atoms with Gasteiger partial charge in [-0.3, -0.25) is 14.6 Å². The van der Waals surface area contributed by atoms with Crippen LogP contribution in [0, 0.1) is 0 Å². The fraction of sp³-hybridized carbons (Fsp3) is 0.458. The maximum absolute atomic E-state index is 13.7. The molecule has 1 aliphatic rings. The predicted octanol–water partition coefficient (Wildman–Crippen LogP) is 2.38. The summed E-state index contributed by atoms with van der Waals surface area (Å²) in [7, 11) is 1.63. The molecule has 8 heteroatoms. The Labute approximate surface area is 189 Å². The molecular weight excluding hydrogens is 406 g/mol. The Bertz CT molecular complexity index is 926. The lowest BCUT2D eigenvalue weighted by Crippen LogP contribution is -2.47. The molecule has 8 nitrogen and oxygen atoms in total. The maximum atomic E-state index is 13.7. The van der Waals surface area contributed by atoms with Crippen molar-refractivity contribution < 1.29 is 14.3 Å². The number of aromatic nitrogens is 1. The topological polar surface area (TPSA) is 95.6 Å². The first-order valence-electron chi connectivity index (χ1n) is 11.1. The Kier molecular flexibility index (Phi) is 8.58. The minimum absolute atomic E-state index is 0.148. The van der Waals surface area contributed by atoms with E-state index in [0.29, 0.717) is 55.0 Å². The van der Waals surface area contributed by atoms with Crippen molar-refractivity contribution in [3.8, 4) is 11.3 Å². The smallest absolute Gasteiger partial charge is 0.255 e. The number of amides is 2. The van der Waals surface area contributed by atoms with Gasteiger partial charge in [-0.2, -0.15) is 0 Å². The van der Waals surface area contributed by atoms with Crippen molar-refractivity contribution in [2.45, 2.75) is 26.3 Å². The Hall–Kier alpha value is -2.97. The third kappa shape index (κ3) is 5.83. The molecule has 0 atom stereocenters. The van der Waals surface area contributed by atoms with Gasteiger partial charge in [0.05, 0.1) is 22.5 Å². The van der Waals surface area contributed by atoms with E-state index in [1.54, 1.807) is 24.3 Å². The van der Waals surface area contributed by atoms with E-state index in [1.807, 2.05) is 38.1 Å². The third-order valence-corrected chi connectivity index (χ3v) is 5.24. The number of carbonyl (C=O) groups is 2. The van der Waals surface area contributed by atoms with Crippen molar-refractivity contribution in [3.05, 3.63) is 47.7 Å². The molecule has 2 amide bonds. The van der Waals surface area contributed by atoms with Crippen LogP contribution in [0.15, 0.2) is 36.5 Å². The molecule has 0 unspecified atom stereocenters. The number of carbonyl (C=O) groups excluding carboxylic acids is 2. The first-order valence-corrected chi connectivity index (χ1v) is 11.1. The zero-order chi connectivity index (χ0) is 22.9. The average Bonchev–Trinajstić information content (AvgIpc) is 2.81. The summed E-state index contributed by atoms with van der Waals surface area (Å²) in [6.07, 6.45) is 2.41. The number of hydrogen-bond acceptors (Lipinski definition) is 6. The molecule has 3 N–H and O–H groups in total. The second-order valence-corrected chi connectivity index (χ2v) is 8.07. The Morgan fingerprint density at radius 2 is 1.97 bits per heavy atom. The number of piperazine rings is 1. The number of methoxy groups -OCH3 is 1. The molecule has 0 aliphatic carbocycles. The quantitative estimate of drug-likeness (QED) is 0.519. The summed E-state index contributed by atoms with van der Waals surface area (Å²) < 4.78 is 5.06. The van der Waals surface area contributed by atoms with Crippen LogP contribution < -0.4 is 16.0 Å². The number of nitrogens with zero attached hydrogens (tertiary/aromatic N) is 2. The van der Waals surface area contributed by atoms with Gasteiger partial charge >= 0.3 is 0 Å². The van der Waals surface area contributed by atoms with Crippen LogP contribution in [0.3, 0.4) is 0 Å². The van der Waals surface area contributed by atoms with E-state index in [1.165, 1.54) is 0 Å². The van der Waals surface area contributed by atoms with Crippen LogP contribution in [0.25, 0.3) is 11.3 Å². The summed E-state index contributed by atoms with van der Waals surface area (Å²) >= 11 is 0. The molecule has 0 bridgehead atoms. The van der Waals surface area contributed by atoms with E-state index in [-0.39, 0.29) is 17.9 Å². The van der Waals surface area contributed by atoms with Crippen LogP contribution in [0.4, 0.5) is 5.69 Å². The largest absolute Gasteiger partial charge is 0.385 e. The molecule has 3 rings (SSSR count). The van der Waals surface area contributed by atoms with Crippen molar-refractivity contribution in [2.24, 2.45) is 0 Å². The summed E-state index contributed by atoms with van der Waals surface area (Å²) in [6.45, 7) is 7.79. The number of pyridine rings is 1. The zero-order valence-electron chi connectivity index (χ0n) is 19.1. The molecule has 0 spiro atoms. The van der Waals surface area contributed by atoms with Crippen LogP contribution >= 0.6 is 0 Å². The van der Waals surface area contributed by atoms with E-state index in [9.17, 15) is 9.59 Å². The summed E-state index contributed by atoms with van der Waals surface area (Å²) in [5, 5.41) is 9.59. The lowest BCUT2D eigenvalue weighted by Gasteiger charge is -2.29. The highest BCUT2D eigenvalue weighted by atomic mass is 16.5. The van der Waals surface area contributed by atoms with E-state index in [0.717, 1.165) is 18.8 Å². The molecule has 1 saturated heterocycles. The van der Waals surface area contributed by atoms with Gasteiger partial charge in [0.25, 0.3) is 11.8 Å². The van der Waals surface area contributed by atoms with Crippen molar-refractivity contribution in [2.75, 3.05) is 51.8 Å². The van der Waals surface area contributed by atoms with Gasteiger partial charge in [-0.05, 0) is 38.5 Å². The van der Waals surface area contributed by atoms with Crippen molar-refractivity contribution in [1.29, 1.82) is 0 Å². The second kappa shape index (κ2) is 11.6. The summed E-state index contributed by atoms with van der Waals surface area (Å²) in [5.74, 6) is -0.416. The van der Waals surface area contributed by atoms with Gasteiger partial charge in [-0.25, -0.2) is 0 Å². The Morgan fingerprint density at radius 1 is 1.19 bits per heavy atom. The number of anilines is 1. The molecular formula is C24H33N5O3. The van der Waals surface area contributed by atoms with Crippen molar-refractivity contribution >= 4 is 17.5 Å². The van der Waals surface area contributed by atoms with E-state index >= 15 is 0 Å². The van der Waals surface area contributed by atoms with Crippen LogP contribution in [0.2, 0.25) is 0 Å². The molecule has 172 valence electrons. The summed E-state index contributed by atoms with van der Waals surface area (Å²) in [4.78, 5) is 33.2. The normalized spacial score (nSPS) is 13.8. The molecule has 0 saturated carbocycles. The number of rotatable bonds is 9. The van der Waals surface area contributed by atoms with E-state index in [2.05, 4.69) is 20.9 Å². The first-order chi connectivity index (χ1) is 15.5. The lowest BCUT2D eigenvalue weighted by atomic mass is 9.95. The van der Waals surface area contributed by atoms with E-state index in [4.69, 9.17) is 4.74 Å². The van der Waals surface area contributed by atoms with Crippen LogP contribution in [-0.4, -0.2) is 74.2 Å². The number of hydrogen-bond donors (Lipinski definition) is 3. The number of nitrogens with one attached hydrogen (secondary N) is 3. The zero-order valence-corrected chi connectivity index (χ0v) is 19.1. The SMILES string of the molecule is COCCCNC(=O)c1cccc(-c2ncccc2NC(C)C)c1C(=O)N1CCNCC1. The van der Waals surface area contributed by atoms with Gasteiger partial charge in [0.15, 0.2) is 0 Å². The lowest BCUT2D eigenvalue weighted by molar-refractivity contribution is 0.0730. The van der Waals surface area contributed by atoms with Gasteiger partial charge in [0.2, 0.25) is 0 Å². The van der Waals surface area contributed by atoms with Gasteiger partial charge in [-0.1, -0.05) is 12.1 Å². The minimum Gasteiger partial charge on any atom is -0.385 e. The molecule has 32 heavy (non-hydrogen) atoms. The van der Waals surface area contributed by atoms with Gasteiger partial charge < -0.3 is 25.6 Å². The number of benzene rings is 1. The maximum Gasteiger partial charge on any atom is 0.255 e. The Morgan fingerprint density at radius 3 is 2.69 bits per heavy atom. The molecule has 0 radical (unpaired) electrons. The van der Waals surface area contributed by atoms with Crippen LogP contribution in [0.1, 0.15) is 41.0 Å². The van der Waals surface area contributed by atoms with Crippen LogP contribution in [-0.2, 0) is 4.74 Å². The fourth-order valence-corrected chi connectivity index (χ4v) is 3.76. The molecule has 2 heterocycles. The molecule has 2 aromatic rings. The fourth-order valence-electron chi connectivity index (χ4n) is 3.76. The molecule has 1 aliphatic heterocycles. The Balaban J connectivity index is 2.05. The highest BCUT2D eigenvalue weighted by Crippen LogP contribution is 2.32. The molecule has 1 aromatic heterocycles. The van der Waals surface area contributed by atoms with Gasteiger partial charge in [-0.15, -0.1) is 0 Å². The molecule has 1 fully saturated rings. The van der Waals surface area contributed by atoms with E-state index < -0.39 is 0 Å². The summed E-state index contributed by atoms with van der Waals surface area (Å²) in [6, 6.07) is 9.38. The third-order valence-electron chi connectivity index (χ3n) is 5.24. The highest BCUT2D eigenvalue weighted by Gasteiger charge is 2.28. The van der Waals surface area contributed by atoms with Gasteiger partial charge in [0, 0.05) is 64.2 Å². The predicted molar refractivity (Wildman–Crippen MR) is 126 cm³/mol. The monoisotopic (exact) mass is 439 g/mol. The minimum atomic E-state index is -0.268. The average molecular weight is 440 g/mol. The first kappa shape index (κ1) is 23.7. The summed E-state index contributed by atoms with van der Waals surface area (Å²) in [5.41, 5.74) is 2.90. The van der Waals surface area contributed by atoms with Crippen molar-refractivity contribution in [1.82, 2.24) is 20.5 Å². The van der Waals surface area contributed by atoms with Gasteiger partial charge in [0.1, 0.15) is 0 Å². The van der Waals surface area contributed by atoms with Crippen molar-refractivity contribution in [3.63, 3.8) is 0 Å². The number of ether oxygens (including phenoxy) is 1. The second-order valence-electron chi connectivity index (χ2n) is 8.07. The highest BCUT2D eigenvalue weighted by molar-refractivity contribution is 6.11. The van der Waals surface area contributed by atoms with Crippen LogP contribution in [0.5, 0.6) is 0 Å². The standard InChI is InChI=1S/C24H33N5O3/c1-17(2)28-20-9-5-10-26-22(20)18-7-4-8-19(23(30)27-11-6-16-32-3)21(18)24(31)29-14-12-25-13-15-29/h4-5,7-10,17,25,28H,6,11-16H2,1-3H3,(H,27,30). The molecule has 1 aromatic carbocycles.